The van der Waals surface area contributed by atoms with Gasteiger partial charge >= 0.3 is 0 Å². The molecule has 1 heterocycles. The highest BCUT2D eigenvalue weighted by molar-refractivity contribution is 9.10. The number of halogens is 1. The molecule has 3 rings (SSSR count). The van der Waals surface area contributed by atoms with Gasteiger partial charge in [-0.05, 0) is 40.5 Å². The minimum absolute atomic E-state index is 0.0134. The van der Waals surface area contributed by atoms with E-state index in [4.69, 9.17) is 4.52 Å². The van der Waals surface area contributed by atoms with Crippen molar-refractivity contribution in [1.82, 2.24) is 10.1 Å². The standard InChI is InChI=1S/C16H13BrN4O3/c1-10-5-6-14(13(17)7-10)18-9-15-19-16(20-24-15)11-3-2-4-12(8-11)21(22)23/h2-8,18H,9H2,1H3. The predicted molar refractivity (Wildman–Crippen MR) is 92.6 cm³/mol. The average Bonchev–Trinajstić information content (AvgIpc) is 3.03. The Labute approximate surface area is 146 Å². The van der Waals surface area contributed by atoms with Crippen LogP contribution in [-0.4, -0.2) is 15.1 Å². The van der Waals surface area contributed by atoms with Crippen LogP contribution in [0.5, 0.6) is 0 Å². The summed E-state index contributed by atoms with van der Waals surface area (Å²) in [7, 11) is 0. The number of nitrogens with zero attached hydrogens (tertiary/aromatic N) is 3. The Kier molecular flexibility index (Phi) is 4.57. The first-order chi connectivity index (χ1) is 11.5. The number of non-ortho nitro benzene ring substituents is 1. The fraction of sp³-hybridized carbons (Fsp3) is 0.125. The van der Waals surface area contributed by atoms with Crippen molar-refractivity contribution in [1.29, 1.82) is 0 Å². The van der Waals surface area contributed by atoms with Gasteiger partial charge < -0.3 is 9.84 Å². The largest absolute Gasteiger partial charge is 0.375 e. The van der Waals surface area contributed by atoms with E-state index in [1.807, 2.05) is 25.1 Å². The molecular formula is C16H13BrN4O3. The molecule has 0 unspecified atom stereocenters. The summed E-state index contributed by atoms with van der Waals surface area (Å²) in [6.07, 6.45) is 0. The van der Waals surface area contributed by atoms with Gasteiger partial charge in [0.15, 0.2) is 0 Å². The first-order valence-corrected chi connectivity index (χ1v) is 7.89. The van der Waals surface area contributed by atoms with Crippen LogP contribution in [0.1, 0.15) is 11.5 Å². The molecule has 0 aliphatic carbocycles. The van der Waals surface area contributed by atoms with Crippen LogP contribution in [0.15, 0.2) is 51.5 Å². The van der Waals surface area contributed by atoms with E-state index in [-0.39, 0.29) is 5.69 Å². The second kappa shape index (κ2) is 6.79. The van der Waals surface area contributed by atoms with Crippen molar-refractivity contribution in [3.63, 3.8) is 0 Å². The van der Waals surface area contributed by atoms with Crippen molar-refractivity contribution >= 4 is 27.3 Å². The molecule has 0 saturated carbocycles. The van der Waals surface area contributed by atoms with E-state index in [0.717, 1.165) is 15.7 Å². The van der Waals surface area contributed by atoms with Crippen LogP contribution >= 0.6 is 15.9 Å². The number of hydrogen-bond acceptors (Lipinski definition) is 6. The number of nitrogens with one attached hydrogen (secondary N) is 1. The number of hydrogen-bond donors (Lipinski definition) is 1. The molecule has 0 bridgehead atoms. The van der Waals surface area contributed by atoms with Crippen LogP contribution in [0.3, 0.4) is 0 Å². The van der Waals surface area contributed by atoms with Crippen LogP contribution in [0.2, 0.25) is 0 Å². The molecule has 0 spiro atoms. The van der Waals surface area contributed by atoms with Crippen LogP contribution in [-0.2, 0) is 6.54 Å². The zero-order valence-corrected chi connectivity index (χ0v) is 14.3. The van der Waals surface area contributed by atoms with Crippen LogP contribution in [0.4, 0.5) is 11.4 Å². The monoisotopic (exact) mass is 388 g/mol. The Morgan fingerprint density at radius 1 is 1.29 bits per heavy atom. The van der Waals surface area contributed by atoms with Crippen LogP contribution < -0.4 is 5.32 Å². The Hall–Kier alpha value is -2.74. The fourth-order valence-corrected chi connectivity index (χ4v) is 2.77. The van der Waals surface area contributed by atoms with E-state index in [9.17, 15) is 10.1 Å². The molecule has 0 aliphatic heterocycles. The number of nitro groups is 1. The molecule has 24 heavy (non-hydrogen) atoms. The summed E-state index contributed by atoms with van der Waals surface area (Å²) in [6.45, 7) is 2.36. The predicted octanol–water partition coefficient (Wildman–Crippen LogP) is 4.33. The van der Waals surface area contributed by atoms with Crippen molar-refractivity contribution in [2.45, 2.75) is 13.5 Å². The van der Waals surface area contributed by atoms with Gasteiger partial charge in [0.05, 0.1) is 11.5 Å². The molecule has 3 aromatic rings. The molecule has 0 aliphatic rings. The summed E-state index contributed by atoms with van der Waals surface area (Å²) in [6, 6.07) is 12.1. The summed E-state index contributed by atoms with van der Waals surface area (Å²) in [5, 5.41) is 17.9. The molecule has 0 amide bonds. The lowest BCUT2D eigenvalue weighted by atomic mass is 10.2. The molecule has 0 saturated heterocycles. The molecule has 0 radical (unpaired) electrons. The lowest BCUT2D eigenvalue weighted by Gasteiger charge is -2.06. The van der Waals surface area contributed by atoms with Gasteiger partial charge in [0.1, 0.15) is 0 Å². The van der Waals surface area contributed by atoms with Gasteiger partial charge in [0, 0.05) is 27.9 Å². The number of anilines is 1. The third-order valence-corrected chi connectivity index (χ3v) is 3.99. The molecule has 7 nitrogen and oxygen atoms in total. The number of nitro benzene ring substituents is 1. The fourth-order valence-electron chi connectivity index (χ4n) is 2.14. The third-order valence-electron chi connectivity index (χ3n) is 3.34. The van der Waals surface area contributed by atoms with E-state index in [0.29, 0.717) is 23.8 Å². The summed E-state index contributed by atoms with van der Waals surface area (Å²) in [4.78, 5) is 14.6. The molecule has 8 heteroatoms. The highest BCUT2D eigenvalue weighted by Crippen LogP contribution is 2.24. The Morgan fingerprint density at radius 2 is 2.12 bits per heavy atom. The zero-order valence-electron chi connectivity index (χ0n) is 12.7. The summed E-state index contributed by atoms with van der Waals surface area (Å²) in [5.41, 5.74) is 2.59. The smallest absolute Gasteiger partial charge is 0.270 e. The third kappa shape index (κ3) is 3.60. The SMILES string of the molecule is Cc1ccc(NCc2nc(-c3cccc([N+](=O)[O-])c3)no2)c(Br)c1. The van der Waals surface area contributed by atoms with Crippen molar-refractivity contribution in [2.75, 3.05) is 5.32 Å². The van der Waals surface area contributed by atoms with E-state index in [2.05, 4.69) is 31.4 Å². The van der Waals surface area contributed by atoms with Gasteiger partial charge in [0.2, 0.25) is 11.7 Å². The normalized spacial score (nSPS) is 10.6. The maximum absolute atomic E-state index is 10.8. The molecule has 122 valence electrons. The first kappa shape index (κ1) is 16.1. The van der Waals surface area contributed by atoms with Crippen molar-refractivity contribution in [3.8, 4) is 11.4 Å². The maximum Gasteiger partial charge on any atom is 0.270 e. The zero-order chi connectivity index (χ0) is 17.1. The van der Waals surface area contributed by atoms with Crippen molar-refractivity contribution in [3.05, 3.63) is 68.5 Å². The second-order valence-electron chi connectivity index (χ2n) is 5.16. The Morgan fingerprint density at radius 3 is 2.88 bits per heavy atom. The first-order valence-electron chi connectivity index (χ1n) is 7.10. The van der Waals surface area contributed by atoms with Crippen molar-refractivity contribution < 1.29 is 9.45 Å². The van der Waals surface area contributed by atoms with Gasteiger partial charge in [0.25, 0.3) is 5.69 Å². The Bertz CT molecular complexity index is 895. The summed E-state index contributed by atoms with van der Waals surface area (Å²) >= 11 is 3.49. The average molecular weight is 389 g/mol. The highest BCUT2D eigenvalue weighted by atomic mass is 79.9. The van der Waals surface area contributed by atoms with E-state index < -0.39 is 4.92 Å². The van der Waals surface area contributed by atoms with Crippen LogP contribution in [0.25, 0.3) is 11.4 Å². The highest BCUT2D eigenvalue weighted by Gasteiger charge is 2.12. The van der Waals surface area contributed by atoms with Crippen molar-refractivity contribution in [2.24, 2.45) is 0 Å². The topological polar surface area (TPSA) is 94.1 Å². The van der Waals surface area contributed by atoms with Gasteiger partial charge in [-0.2, -0.15) is 4.98 Å². The summed E-state index contributed by atoms with van der Waals surface area (Å²) in [5.74, 6) is 0.711. The number of benzene rings is 2. The van der Waals surface area contributed by atoms with E-state index in [1.165, 1.54) is 12.1 Å². The summed E-state index contributed by atoms with van der Waals surface area (Å²) < 4.78 is 6.14. The second-order valence-corrected chi connectivity index (χ2v) is 6.01. The molecule has 1 aromatic heterocycles. The van der Waals surface area contributed by atoms with Gasteiger partial charge in [-0.15, -0.1) is 0 Å². The molecule has 0 fully saturated rings. The minimum Gasteiger partial charge on any atom is -0.375 e. The molecular weight excluding hydrogens is 376 g/mol. The lowest BCUT2D eigenvalue weighted by Crippen LogP contribution is -2.00. The quantitative estimate of drug-likeness (QED) is 0.516. The number of rotatable bonds is 5. The minimum atomic E-state index is -0.457. The lowest BCUT2D eigenvalue weighted by molar-refractivity contribution is -0.384. The number of aromatic nitrogens is 2. The number of aryl methyl sites for hydroxylation is 1. The van der Waals surface area contributed by atoms with Crippen LogP contribution in [0, 0.1) is 17.0 Å². The molecule has 2 aromatic carbocycles. The van der Waals surface area contributed by atoms with E-state index in [1.54, 1.807) is 12.1 Å². The maximum atomic E-state index is 10.8. The van der Waals surface area contributed by atoms with Gasteiger partial charge in [-0.1, -0.05) is 23.4 Å². The molecule has 1 N–H and O–H groups in total. The Balaban J connectivity index is 1.74. The van der Waals surface area contributed by atoms with Gasteiger partial charge in [-0.25, -0.2) is 0 Å². The van der Waals surface area contributed by atoms with Gasteiger partial charge in [-0.3, -0.25) is 10.1 Å². The molecule has 0 atom stereocenters. The van der Waals surface area contributed by atoms with E-state index >= 15 is 0 Å².